The van der Waals surface area contributed by atoms with E-state index < -0.39 is 0 Å². The number of nitrogen functional groups attached to an aromatic ring is 1. The first-order valence-corrected chi connectivity index (χ1v) is 5.78. The third kappa shape index (κ3) is 3.98. The smallest absolute Gasteiger partial charge is 0.310 e. The number of ether oxygens (including phenoxy) is 1. The normalized spacial score (nSPS) is 10.2. The first kappa shape index (κ1) is 13.4. The van der Waals surface area contributed by atoms with Crippen molar-refractivity contribution in [2.45, 2.75) is 33.1 Å². The highest BCUT2D eigenvalue weighted by Gasteiger charge is 2.08. The maximum absolute atomic E-state index is 11.5. The van der Waals surface area contributed by atoms with E-state index in [9.17, 15) is 9.90 Å². The number of anilines is 1. The number of aryl methyl sites for hydroxylation is 1. The largest absolute Gasteiger partial charge is 0.506 e. The SMILES string of the molecule is CCCCOC(=O)Cc1cc(C)c(N)c(O)c1. The van der Waals surface area contributed by atoms with Crippen molar-refractivity contribution in [3.63, 3.8) is 0 Å². The molecule has 1 aromatic carbocycles. The third-order valence-electron chi connectivity index (χ3n) is 2.53. The molecule has 0 aliphatic heterocycles. The Labute approximate surface area is 101 Å². The van der Waals surface area contributed by atoms with Crippen molar-refractivity contribution in [1.82, 2.24) is 0 Å². The lowest BCUT2D eigenvalue weighted by molar-refractivity contribution is -0.142. The van der Waals surface area contributed by atoms with Crippen LogP contribution < -0.4 is 5.73 Å². The first-order valence-electron chi connectivity index (χ1n) is 5.78. The Balaban J connectivity index is 2.60. The van der Waals surface area contributed by atoms with E-state index >= 15 is 0 Å². The number of unbranched alkanes of at least 4 members (excludes halogenated alkanes) is 1. The van der Waals surface area contributed by atoms with Gasteiger partial charge in [0.05, 0.1) is 18.7 Å². The van der Waals surface area contributed by atoms with Gasteiger partial charge in [0, 0.05) is 0 Å². The van der Waals surface area contributed by atoms with E-state index in [1.165, 1.54) is 6.07 Å². The molecule has 94 valence electrons. The number of phenols is 1. The van der Waals surface area contributed by atoms with Gasteiger partial charge in [-0.05, 0) is 30.5 Å². The molecule has 0 atom stereocenters. The molecule has 1 aromatic rings. The van der Waals surface area contributed by atoms with Crippen molar-refractivity contribution in [3.05, 3.63) is 23.3 Å². The highest BCUT2D eigenvalue weighted by molar-refractivity contribution is 5.73. The van der Waals surface area contributed by atoms with Gasteiger partial charge in [-0.2, -0.15) is 0 Å². The van der Waals surface area contributed by atoms with Gasteiger partial charge >= 0.3 is 5.97 Å². The van der Waals surface area contributed by atoms with E-state index in [1.54, 1.807) is 13.0 Å². The zero-order chi connectivity index (χ0) is 12.8. The molecular weight excluding hydrogens is 218 g/mol. The standard InChI is InChI=1S/C13H19NO3/c1-3-4-5-17-12(16)8-10-6-9(2)13(14)11(15)7-10/h6-7,15H,3-5,8,14H2,1-2H3. The second-order valence-electron chi connectivity index (χ2n) is 4.10. The average Bonchev–Trinajstić information content (AvgIpc) is 2.26. The molecule has 0 unspecified atom stereocenters. The second kappa shape index (κ2) is 6.13. The molecule has 4 heteroatoms. The summed E-state index contributed by atoms with van der Waals surface area (Å²) >= 11 is 0. The highest BCUT2D eigenvalue weighted by Crippen LogP contribution is 2.25. The Morgan fingerprint density at radius 3 is 2.76 bits per heavy atom. The first-order chi connectivity index (χ1) is 8.04. The molecule has 1 rings (SSSR count). The summed E-state index contributed by atoms with van der Waals surface area (Å²) in [5.41, 5.74) is 7.45. The molecule has 0 aromatic heterocycles. The van der Waals surface area contributed by atoms with Crippen LogP contribution in [0.5, 0.6) is 5.75 Å². The number of rotatable bonds is 5. The molecule has 17 heavy (non-hydrogen) atoms. The molecule has 0 saturated carbocycles. The van der Waals surface area contributed by atoms with Crippen LogP contribution in [0.15, 0.2) is 12.1 Å². The number of benzene rings is 1. The van der Waals surface area contributed by atoms with Crippen molar-refractivity contribution in [2.75, 3.05) is 12.3 Å². The van der Waals surface area contributed by atoms with Crippen molar-refractivity contribution in [3.8, 4) is 5.75 Å². The lowest BCUT2D eigenvalue weighted by Crippen LogP contribution is -2.09. The van der Waals surface area contributed by atoms with Gasteiger partial charge < -0.3 is 15.6 Å². The fourth-order valence-electron chi connectivity index (χ4n) is 1.50. The number of carbonyl (C=O) groups is 1. The Morgan fingerprint density at radius 1 is 1.47 bits per heavy atom. The van der Waals surface area contributed by atoms with E-state index in [0.717, 1.165) is 24.0 Å². The van der Waals surface area contributed by atoms with Crippen LogP contribution in [0.2, 0.25) is 0 Å². The molecule has 0 fully saturated rings. The zero-order valence-corrected chi connectivity index (χ0v) is 10.3. The number of phenolic OH excluding ortho intramolecular Hbond substituents is 1. The van der Waals surface area contributed by atoms with E-state index in [2.05, 4.69) is 0 Å². The van der Waals surface area contributed by atoms with E-state index in [1.807, 2.05) is 6.92 Å². The van der Waals surface area contributed by atoms with E-state index in [-0.39, 0.29) is 18.1 Å². The van der Waals surface area contributed by atoms with Crippen molar-refractivity contribution >= 4 is 11.7 Å². The zero-order valence-electron chi connectivity index (χ0n) is 10.3. The third-order valence-corrected chi connectivity index (χ3v) is 2.53. The summed E-state index contributed by atoms with van der Waals surface area (Å²) in [6.45, 7) is 4.28. The quantitative estimate of drug-likeness (QED) is 0.356. The molecule has 0 spiro atoms. The Hall–Kier alpha value is -1.71. The number of aromatic hydroxyl groups is 1. The molecule has 0 saturated heterocycles. The van der Waals surface area contributed by atoms with Gasteiger partial charge in [0.1, 0.15) is 5.75 Å². The predicted octanol–water partition coefficient (Wildman–Crippen LogP) is 2.17. The van der Waals surface area contributed by atoms with Gasteiger partial charge in [0.15, 0.2) is 0 Å². The Morgan fingerprint density at radius 2 is 2.18 bits per heavy atom. The fraction of sp³-hybridized carbons (Fsp3) is 0.462. The van der Waals surface area contributed by atoms with Crippen LogP contribution in [0, 0.1) is 6.92 Å². The van der Waals surface area contributed by atoms with Crippen LogP contribution >= 0.6 is 0 Å². The summed E-state index contributed by atoms with van der Waals surface area (Å²) in [6.07, 6.45) is 2.03. The van der Waals surface area contributed by atoms with Gasteiger partial charge in [-0.15, -0.1) is 0 Å². The fourth-order valence-corrected chi connectivity index (χ4v) is 1.50. The summed E-state index contributed by atoms with van der Waals surface area (Å²) in [5, 5.41) is 9.53. The highest BCUT2D eigenvalue weighted by atomic mass is 16.5. The van der Waals surface area contributed by atoms with Crippen molar-refractivity contribution < 1.29 is 14.6 Å². The van der Waals surface area contributed by atoms with Crippen molar-refractivity contribution in [1.29, 1.82) is 0 Å². The predicted molar refractivity (Wildman–Crippen MR) is 66.8 cm³/mol. The van der Waals surface area contributed by atoms with Crippen molar-refractivity contribution in [2.24, 2.45) is 0 Å². The molecule has 4 nitrogen and oxygen atoms in total. The molecule has 0 aliphatic carbocycles. The van der Waals surface area contributed by atoms with Crippen LogP contribution in [0.25, 0.3) is 0 Å². The molecule has 0 radical (unpaired) electrons. The van der Waals surface area contributed by atoms with Gasteiger partial charge in [-0.25, -0.2) is 0 Å². The molecule has 0 heterocycles. The lowest BCUT2D eigenvalue weighted by Gasteiger charge is -2.08. The maximum Gasteiger partial charge on any atom is 0.310 e. The van der Waals surface area contributed by atoms with Crippen LogP contribution in [0.4, 0.5) is 5.69 Å². The number of esters is 1. The molecule has 3 N–H and O–H groups in total. The molecule has 0 bridgehead atoms. The van der Waals surface area contributed by atoms with Crippen LogP contribution in [0.3, 0.4) is 0 Å². The number of carbonyl (C=O) groups excluding carboxylic acids is 1. The summed E-state index contributed by atoms with van der Waals surface area (Å²) in [7, 11) is 0. The van der Waals surface area contributed by atoms with Gasteiger partial charge in [-0.3, -0.25) is 4.79 Å². The van der Waals surface area contributed by atoms with E-state index in [0.29, 0.717) is 12.3 Å². The van der Waals surface area contributed by atoms with Gasteiger partial charge in [-0.1, -0.05) is 19.4 Å². The van der Waals surface area contributed by atoms with Crippen LogP contribution in [0.1, 0.15) is 30.9 Å². The monoisotopic (exact) mass is 237 g/mol. The topological polar surface area (TPSA) is 72.5 Å². The minimum Gasteiger partial charge on any atom is -0.506 e. The molecular formula is C13H19NO3. The molecule has 0 amide bonds. The number of hydrogen-bond donors (Lipinski definition) is 2. The summed E-state index contributed by atoms with van der Waals surface area (Å²) in [4.78, 5) is 11.5. The Bertz CT molecular complexity index is 379. The summed E-state index contributed by atoms with van der Waals surface area (Å²) in [5.74, 6) is -0.261. The van der Waals surface area contributed by atoms with Gasteiger partial charge in [0.25, 0.3) is 0 Å². The second-order valence-corrected chi connectivity index (χ2v) is 4.10. The number of nitrogens with two attached hydrogens (primary N) is 1. The van der Waals surface area contributed by atoms with Gasteiger partial charge in [0.2, 0.25) is 0 Å². The maximum atomic E-state index is 11.5. The minimum atomic E-state index is -0.276. The van der Waals surface area contributed by atoms with Crippen LogP contribution in [-0.4, -0.2) is 17.7 Å². The molecule has 0 aliphatic rings. The average molecular weight is 237 g/mol. The number of hydrogen-bond acceptors (Lipinski definition) is 4. The summed E-state index contributed by atoms with van der Waals surface area (Å²) < 4.78 is 5.04. The minimum absolute atomic E-state index is 0.0151. The van der Waals surface area contributed by atoms with Crippen LogP contribution in [-0.2, 0) is 16.0 Å². The Kier molecular flexibility index (Phi) is 4.82. The lowest BCUT2D eigenvalue weighted by atomic mass is 10.1. The van der Waals surface area contributed by atoms with E-state index in [4.69, 9.17) is 10.5 Å². The summed E-state index contributed by atoms with van der Waals surface area (Å²) in [6, 6.07) is 3.29.